The fourth-order valence-corrected chi connectivity index (χ4v) is 1.54. The molecule has 0 aromatic carbocycles. The van der Waals surface area contributed by atoms with Crippen LogP contribution in [0, 0.1) is 0 Å². The molecular formula is C8H16N4O6S. The highest BCUT2D eigenvalue weighted by Gasteiger charge is 2.18. The normalized spacial score (nSPS) is 10.8. The quantitative estimate of drug-likeness (QED) is 0.352. The van der Waals surface area contributed by atoms with Crippen molar-refractivity contribution in [2.75, 3.05) is 32.4 Å². The van der Waals surface area contributed by atoms with Crippen LogP contribution in [-0.4, -0.2) is 68.8 Å². The number of hydrogen-bond acceptors (Lipinski definition) is 5. The summed E-state index contributed by atoms with van der Waals surface area (Å²) in [5.74, 6) is -2.16. The Kier molecular flexibility index (Phi) is 6.79. The van der Waals surface area contributed by atoms with E-state index in [0.29, 0.717) is 4.90 Å². The van der Waals surface area contributed by atoms with Crippen molar-refractivity contribution in [3.63, 3.8) is 0 Å². The van der Waals surface area contributed by atoms with Crippen LogP contribution in [0.25, 0.3) is 0 Å². The summed E-state index contributed by atoms with van der Waals surface area (Å²) in [5.41, 5.74) is 4.87. The molecule has 0 saturated heterocycles. The number of primary amides is 1. The van der Waals surface area contributed by atoms with Gasteiger partial charge < -0.3 is 21.1 Å². The molecule has 0 aliphatic rings. The molecule has 0 spiro atoms. The monoisotopic (exact) mass is 296 g/mol. The number of rotatable bonds is 8. The lowest BCUT2D eigenvalue weighted by molar-refractivity contribution is -0.137. The van der Waals surface area contributed by atoms with Gasteiger partial charge in [0.15, 0.2) is 0 Å². The molecule has 10 nitrogen and oxygen atoms in total. The lowest BCUT2D eigenvalue weighted by Crippen LogP contribution is -2.48. The highest BCUT2D eigenvalue weighted by molar-refractivity contribution is 7.88. The summed E-state index contributed by atoms with van der Waals surface area (Å²) in [6.07, 6.45) is 0.957. The number of carbonyl (C=O) groups is 3. The highest BCUT2D eigenvalue weighted by Crippen LogP contribution is 1.89. The molecule has 0 aliphatic carbocycles. The first-order chi connectivity index (χ1) is 8.61. The first-order valence-electron chi connectivity index (χ1n) is 5.09. The fourth-order valence-electron chi connectivity index (χ4n) is 1.07. The molecule has 0 atom stereocenters. The van der Waals surface area contributed by atoms with Crippen molar-refractivity contribution in [2.45, 2.75) is 0 Å². The molecule has 5 N–H and O–H groups in total. The molecule has 110 valence electrons. The van der Waals surface area contributed by atoms with E-state index in [9.17, 15) is 22.8 Å². The molecule has 0 saturated carbocycles. The third-order valence-electron chi connectivity index (χ3n) is 1.73. The van der Waals surface area contributed by atoms with Gasteiger partial charge >= 0.3 is 12.0 Å². The van der Waals surface area contributed by atoms with E-state index in [4.69, 9.17) is 10.8 Å². The Bertz CT molecular complexity index is 432. The standard InChI is InChI=1S/C8H16N4O6S/c1-19(17,18)11-3-2-10-8(16)12(4-6(9)13)5-7(14)15/h11H,2-5H2,1H3,(H2,9,13)(H,10,16)(H,14,15). The third-order valence-corrected chi connectivity index (χ3v) is 2.45. The van der Waals surface area contributed by atoms with Gasteiger partial charge in [-0.1, -0.05) is 0 Å². The molecule has 0 aliphatic heterocycles. The molecule has 0 aromatic heterocycles. The predicted octanol–water partition coefficient (Wildman–Crippen LogP) is -2.88. The van der Waals surface area contributed by atoms with Gasteiger partial charge in [0.05, 0.1) is 6.26 Å². The second-order valence-electron chi connectivity index (χ2n) is 3.61. The molecule has 0 aromatic rings. The molecular weight excluding hydrogens is 280 g/mol. The number of nitrogens with one attached hydrogen (secondary N) is 2. The highest BCUT2D eigenvalue weighted by atomic mass is 32.2. The lowest BCUT2D eigenvalue weighted by atomic mass is 10.4. The molecule has 0 radical (unpaired) electrons. The van der Waals surface area contributed by atoms with E-state index in [1.807, 2.05) is 0 Å². The van der Waals surface area contributed by atoms with Crippen LogP contribution >= 0.6 is 0 Å². The van der Waals surface area contributed by atoms with Crippen molar-refractivity contribution >= 4 is 27.9 Å². The number of urea groups is 1. The van der Waals surface area contributed by atoms with Crippen LogP contribution in [0.15, 0.2) is 0 Å². The number of aliphatic carboxylic acids is 1. The van der Waals surface area contributed by atoms with E-state index >= 15 is 0 Å². The van der Waals surface area contributed by atoms with Gasteiger partial charge in [-0.25, -0.2) is 17.9 Å². The molecule has 3 amide bonds. The largest absolute Gasteiger partial charge is 0.480 e. The van der Waals surface area contributed by atoms with E-state index in [0.717, 1.165) is 6.26 Å². The van der Waals surface area contributed by atoms with Crippen LogP contribution in [0.4, 0.5) is 4.79 Å². The van der Waals surface area contributed by atoms with E-state index in [2.05, 4.69) is 10.0 Å². The van der Waals surface area contributed by atoms with Crippen LogP contribution in [-0.2, 0) is 19.6 Å². The van der Waals surface area contributed by atoms with Crippen molar-refractivity contribution in [2.24, 2.45) is 5.73 Å². The van der Waals surface area contributed by atoms with Crippen molar-refractivity contribution in [1.82, 2.24) is 14.9 Å². The Morgan fingerprint density at radius 2 is 1.79 bits per heavy atom. The maximum atomic E-state index is 11.5. The van der Waals surface area contributed by atoms with Crippen LogP contribution in [0.2, 0.25) is 0 Å². The maximum Gasteiger partial charge on any atom is 0.323 e. The van der Waals surface area contributed by atoms with Crippen LogP contribution in [0.3, 0.4) is 0 Å². The number of sulfonamides is 1. The Hall–Kier alpha value is -1.88. The summed E-state index contributed by atoms with van der Waals surface area (Å²) in [5, 5.41) is 10.8. The zero-order chi connectivity index (χ0) is 15.1. The maximum absolute atomic E-state index is 11.5. The smallest absolute Gasteiger partial charge is 0.323 e. The van der Waals surface area contributed by atoms with Crippen LogP contribution in [0.1, 0.15) is 0 Å². The number of carbonyl (C=O) groups excluding carboxylic acids is 2. The Morgan fingerprint density at radius 1 is 1.21 bits per heavy atom. The molecule has 0 heterocycles. The van der Waals surface area contributed by atoms with Gasteiger partial charge in [0, 0.05) is 13.1 Å². The molecule has 0 fully saturated rings. The SMILES string of the molecule is CS(=O)(=O)NCCNC(=O)N(CC(N)=O)CC(=O)O. The van der Waals surface area contributed by atoms with Crippen molar-refractivity contribution < 1.29 is 27.9 Å². The first-order valence-corrected chi connectivity index (χ1v) is 6.98. The summed E-state index contributed by atoms with van der Waals surface area (Å²) in [4.78, 5) is 33.4. The van der Waals surface area contributed by atoms with Gasteiger partial charge in [0.1, 0.15) is 13.1 Å². The van der Waals surface area contributed by atoms with E-state index in [-0.39, 0.29) is 13.1 Å². The molecule has 11 heteroatoms. The van der Waals surface area contributed by atoms with Crippen molar-refractivity contribution in [3.05, 3.63) is 0 Å². The van der Waals surface area contributed by atoms with Crippen LogP contribution in [0.5, 0.6) is 0 Å². The Labute approximate surface area is 110 Å². The van der Waals surface area contributed by atoms with E-state index in [1.54, 1.807) is 0 Å². The minimum atomic E-state index is -3.36. The van der Waals surface area contributed by atoms with Gasteiger partial charge in [-0.15, -0.1) is 0 Å². The second-order valence-corrected chi connectivity index (χ2v) is 5.45. The second kappa shape index (κ2) is 7.53. The van der Waals surface area contributed by atoms with Gasteiger partial charge in [-0.05, 0) is 0 Å². The van der Waals surface area contributed by atoms with Gasteiger partial charge in [0.25, 0.3) is 0 Å². The summed E-state index contributed by atoms with van der Waals surface area (Å²) >= 11 is 0. The molecule has 0 rings (SSSR count). The topological polar surface area (TPSA) is 159 Å². The van der Waals surface area contributed by atoms with Crippen molar-refractivity contribution in [3.8, 4) is 0 Å². The number of amides is 3. The minimum absolute atomic E-state index is 0.0535. The number of carboxylic acid groups (broad SMARTS) is 1. The fraction of sp³-hybridized carbons (Fsp3) is 0.625. The number of carboxylic acids is 1. The average molecular weight is 296 g/mol. The summed E-state index contributed by atoms with van der Waals surface area (Å²) in [6.45, 7) is -1.34. The van der Waals surface area contributed by atoms with Gasteiger partial charge in [0.2, 0.25) is 15.9 Å². The van der Waals surface area contributed by atoms with E-state index < -0.39 is 41.0 Å². The zero-order valence-corrected chi connectivity index (χ0v) is 11.1. The van der Waals surface area contributed by atoms with E-state index in [1.165, 1.54) is 0 Å². The predicted molar refractivity (Wildman–Crippen MR) is 64.6 cm³/mol. The summed E-state index contributed by atoms with van der Waals surface area (Å²) < 4.78 is 23.6. The minimum Gasteiger partial charge on any atom is -0.480 e. The van der Waals surface area contributed by atoms with Crippen LogP contribution < -0.4 is 15.8 Å². The Balaban J connectivity index is 4.24. The zero-order valence-electron chi connectivity index (χ0n) is 10.2. The molecule has 0 bridgehead atoms. The Morgan fingerprint density at radius 3 is 2.21 bits per heavy atom. The first kappa shape index (κ1) is 17.1. The third kappa shape index (κ3) is 9.79. The summed E-state index contributed by atoms with van der Waals surface area (Å²) in [6, 6.07) is -0.823. The summed E-state index contributed by atoms with van der Waals surface area (Å²) in [7, 11) is -3.36. The number of nitrogens with two attached hydrogens (primary N) is 1. The van der Waals surface area contributed by atoms with Gasteiger partial charge in [-0.2, -0.15) is 0 Å². The van der Waals surface area contributed by atoms with Crippen molar-refractivity contribution in [1.29, 1.82) is 0 Å². The molecule has 0 unspecified atom stereocenters. The number of hydrogen-bond donors (Lipinski definition) is 4. The average Bonchev–Trinajstić information content (AvgIpc) is 2.20. The number of nitrogens with zero attached hydrogens (tertiary/aromatic N) is 1. The molecule has 19 heavy (non-hydrogen) atoms. The van der Waals surface area contributed by atoms with Gasteiger partial charge in [-0.3, -0.25) is 9.59 Å². The lowest BCUT2D eigenvalue weighted by Gasteiger charge is -2.19.